The maximum atomic E-state index is 10.5. The molecule has 0 radical (unpaired) electrons. The van der Waals surface area contributed by atoms with Gasteiger partial charge in [-0.1, -0.05) is 7.43 Å². The number of benzene rings is 2. The van der Waals surface area contributed by atoms with Gasteiger partial charge < -0.3 is 15.2 Å². The maximum absolute atomic E-state index is 10.5. The van der Waals surface area contributed by atoms with E-state index in [0.717, 1.165) is 31.1 Å². The topological polar surface area (TPSA) is 94.1 Å². The van der Waals surface area contributed by atoms with Crippen molar-refractivity contribution >= 4 is 11.4 Å². The van der Waals surface area contributed by atoms with Crippen LogP contribution in [0.15, 0.2) is 48.5 Å². The number of nitrogens with zero attached hydrogens (tertiary/aromatic N) is 3. The van der Waals surface area contributed by atoms with Crippen LogP contribution in [0.4, 0.5) is 11.4 Å². The Labute approximate surface area is 210 Å². The first-order valence-electron chi connectivity index (χ1n) is 12.3. The molecule has 2 saturated heterocycles. The minimum absolute atomic E-state index is 0. The first-order valence-corrected chi connectivity index (χ1v) is 12.3. The number of hydrogen-bond acceptors (Lipinski definition) is 7. The molecule has 2 aliphatic rings. The molecule has 8 nitrogen and oxygen atoms in total. The lowest BCUT2D eigenvalue weighted by Crippen LogP contribution is -2.34. The fourth-order valence-corrected chi connectivity index (χ4v) is 4.24. The molecule has 2 aromatic carbocycles. The normalized spacial score (nSPS) is 17.5. The first-order chi connectivity index (χ1) is 16.4. The number of anilines is 1. The molecule has 194 valence electrons. The van der Waals surface area contributed by atoms with E-state index in [0.29, 0.717) is 24.4 Å². The molecule has 2 aromatic rings. The number of nitro groups is 1. The molecule has 0 amide bonds. The van der Waals surface area contributed by atoms with E-state index in [1.54, 1.807) is 12.1 Å². The van der Waals surface area contributed by atoms with Gasteiger partial charge in [0, 0.05) is 29.9 Å². The number of non-ortho nitro benzene ring substituents is 1. The standard InChI is InChI=1S/C13H18N2O3.C13H20N2O.CH4/c1-11(14-8-2-3-9-14)10-18-13-6-4-12(5-7-13)15(16)17;1-11(15-8-2-3-9-15)10-16-13-6-4-12(14)5-7-13;/h4-7,11H,2-3,8-10H2,1H3;4-7,11H,2-3,8-10,14H2,1H3;1H4/t2*11-;/m11./s1. The van der Waals surface area contributed by atoms with Crippen LogP contribution in [0.5, 0.6) is 11.5 Å². The molecular weight excluding hydrogens is 444 g/mol. The fraction of sp³-hybridized carbons (Fsp3) is 0.556. The number of rotatable bonds is 9. The molecule has 8 heteroatoms. The van der Waals surface area contributed by atoms with Gasteiger partial charge in [0.05, 0.1) is 4.92 Å². The minimum Gasteiger partial charge on any atom is -0.492 e. The average molecular weight is 487 g/mol. The number of nitrogen functional groups attached to an aromatic ring is 1. The molecule has 0 unspecified atom stereocenters. The van der Waals surface area contributed by atoms with Gasteiger partial charge in [-0.15, -0.1) is 0 Å². The van der Waals surface area contributed by atoms with Crippen molar-refractivity contribution in [3.63, 3.8) is 0 Å². The van der Waals surface area contributed by atoms with Gasteiger partial charge in [0.1, 0.15) is 24.7 Å². The zero-order chi connectivity index (χ0) is 24.3. The summed E-state index contributed by atoms with van der Waals surface area (Å²) < 4.78 is 11.4. The molecule has 0 bridgehead atoms. The SMILES string of the molecule is C.C[C@H](COc1ccc(N)cc1)N1CCCC1.C[C@H](COc1ccc([N+](=O)[O-])cc1)N1CCCC1. The molecule has 0 aliphatic carbocycles. The Kier molecular flexibility index (Phi) is 11.8. The van der Waals surface area contributed by atoms with Crippen molar-refractivity contribution in [1.82, 2.24) is 9.80 Å². The van der Waals surface area contributed by atoms with Crippen LogP contribution in [0, 0.1) is 10.1 Å². The molecule has 2 heterocycles. The predicted octanol–water partition coefficient (Wildman–Crippen LogP) is 5.23. The number of likely N-dealkylation sites (tertiary alicyclic amines) is 2. The highest BCUT2D eigenvalue weighted by Gasteiger charge is 2.19. The van der Waals surface area contributed by atoms with Gasteiger partial charge in [-0.3, -0.25) is 19.9 Å². The van der Waals surface area contributed by atoms with E-state index >= 15 is 0 Å². The van der Waals surface area contributed by atoms with Crippen molar-refractivity contribution in [2.45, 2.75) is 59.0 Å². The fourth-order valence-electron chi connectivity index (χ4n) is 4.24. The van der Waals surface area contributed by atoms with Crippen LogP contribution in [0.25, 0.3) is 0 Å². The number of ether oxygens (including phenoxy) is 2. The third-order valence-electron chi connectivity index (χ3n) is 6.44. The summed E-state index contributed by atoms with van der Waals surface area (Å²) >= 11 is 0. The summed E-state index contributed by atoms with van der Waals surface area (Å²) in [7, 11) is 0. The molecule has 2 N–H and O–H groups in total. The molecule has 2 atom stereocenters. The van der Waals surface area contributed by atoms with Crippen LogP contribution in [0.2, 0.25) is 0 Å². The van der Waals surface area contributed by atoms with Gasteiger partial charge in [0.25, 0.3) is 5.69 Å². The summed E-state index contributed by atoms with van der Waals surface area (Å²) in [5.74, 6) is 1.59. The van der Waals surface area contributed by atoms with Crippen LogP contribution in [-0.2, 0) is 0 Å². The Bertz CT molecular complexity index is 864. The minimum atomic E-state index is -0.406. The highest BCUT2D eigenvalue weighted by atomic mass is 16.6. The lowest BCUT2D eigenvalue weighted by Gasteiger charge is -2.23. The van der Waals surface area contributed by atoms with Crippen LogP contribution < -0.4 is 15.2 Å². The highest BCUT2D eigenvalue weighted by molar-refractivity contribution is 5.41. The molecule has 35 heavy (non-hydrogen) atoms. The summed E-state index contributed by atoms with van der Waals surface area (Å²) in [6.07, 6.45) is 5.18. The Morgan fingerprint density at radius 2 is 1.17 bits per heavy atom. The van der Waals surface area contributed by atoms with E-state index in [9.17, 15) is 10.1 Å². The summed E-state index contributed by atoms with van der Waals surface area (Å²) in [4.78, 5) is 15.0. The largest absolute Gasteiger partial charge is 0.492 e. The summed E-state index contributed by atoms with van der Waals surface area (Å²) in [6.45, 7) is 10.5. The average Bonchev–Trinajstić information content (AvgIpc) is 3.57. The zero-order valence-electron chi connectivity index (χ0n) is 20.4. The predicted molar refractivity (Wildman–Crippen MR) is 142 cm³/mol. The second kappa shape index (κ2) is 14.5. The van der Waals surface area contributed by atoms with E-state index in [1.165, 1.54) is 50.9 Å². The van der Waals surface area contributed by atoms with Crippen molar-refractivity contribution in [1.29, 1.82) is 0 Å². The van der Waals surface area contributed by atoms with Crippen molar-refractivity contribution in [3.8, 4) is 11.5 Å². The smallest absolute Gasteiger partial charge is 0.269 e. The maximum Gasteiger partial charge on any atom is 0.269 e. The summed E-state index contributed by atoms with van der Waals surface area (Å²) in [5.41, 5.74) is 6.49. The van der Waals surface area contributed by atoms with Crippen molar-refractivity contribution in [3.05, 3.63) is 58.6 Å². The lowest BCUT2D eigenvalue weighted by molar-refractivity contribution is -0.384. The molecule has 0 spiro atoms. The molecular formula is C27H42N4O4. The Balaban J connectivity index is 0.000000241. The van der Waals surface area contributed by atoms with Crippen molar-refractivity contribution in [2.75, 3.05) is 45.1 Å². The molecule has 2 fully saturated rings. The number of nitro benzene ring substituents is 1. The van der Waals surface area contributed by atoms with Gasteiger partial charge in [-0.05, 0) is 102 Å². The highest BCUT2D eigenvalue weighted by Crippen LogP contribution is 2.19. The third-order valence-corrected chi connectivity index (χ3v) is 6.44. The van der Waals surface area contributed by atoms with Crippen molar-refractivity contribution < 1.29 is 14.4 Å². The van der Waals surface area contributed by atoms with E-state index in [1.807, 2.05) is 24.3 Å². The Morgan fingerprint density at radius 3 is 1.54 bits per heavy atom. The van der Waals surface area contributed by atoms with Crippen LogP contribution in [0.1, 0.15) is 47.0 Å². The van der Waals surface area contributed by atoms with E-state index in [2.05, 4.69) is 23.6 Å². The van der Waals surface area contributed by atoms with Crippen LogP contribution in [-0.4, -0.2) is 66.2 Å². The summed E-state index contributed by atoms with van der Waals surface area (Å²) in [5, 5.41) is 10.5. The van der Waals surface area contributed by atoms with E-state index in [-0.39, 0.29) is 13.1 Å². The second-order valence-corrected chi connectivity index (χ2v) is 9.13. The quantitative estimate of drug-likeness (QED) is 0.295. The van der Waals surface area contributed by atoms with Crippen molar-refractivity contribution in [2.24, 2.45) is 0 Å². The molecule has 2 aliphatic heterocycles. The third kappa shape index (κ3) is 9.38. The lowest BCUT2D eigenvalue weighted by atomic mass is 10.3. The summed E-state index contributed by atoms with van der Waals surface area (Å²) in [6, 6.07) is 14.7. The molecule has 4 rings (SSSR count). The molecule has 0 saturated carbocycles. The van der Waals surface area contributed by atoms with Gasteiger partial charge in [-0.2, -0.15) is 0 Å². The van der Waals surface area contributed by atoms with Gasteiger partial charge in [-0.25, -0.2) is 0 Å². The Hall–Kier alpha value is -2.84. The van der Waals surface area contributed by atoms with Crippen LogP contribution in [0.3, 0.4) is 0 Å². The van der Waals surface area contributed by atoms with E-state index < -0.39 is 4.92 Å². The van der Waals surface area contributed by atoms with Crippen LogP contribution >= 0.6 is 0 Å². The van der Waals surface area contributed by atoms with Gasteiger partial charge in [0.2, 0.25) is 0 Å². The Morgan fingerprint density at radius 1 is 0.800 bits per heavy atom. The van der Waals surface area contributed by atoms with E-state index in [4.69, 9.17) is 15.2 Å². The van der Waals surface area contributed by atoms with Gasteiger partial charge in [0.15, 0.2) is 0 Å². The molecule has 0 aromatic heterocycles. The monoisotopic (exact) mass is 486 g/mol. The number of hydrogen-bond donors (Lipinski definition) is 1. The second-order valence-electron chi connectivity index (χ2n) is 9.13. The van der Waals surface area contributed by atoms with Gasteiger partial charge >= 0.3 is 0 Å². The number of nitrogens with two attached hydrogens (primary N) is 1. The first kappa shape index (κ1) is 28.4. The zero-order valence-corrected chi connectivity index (χ0v) is 20.4.